The molecule has 3 N–H and O–H groups in total. The van der Waals surface area contributed by atoms with Crippen molar-refractivity contribution in [2.45, 2.75) is 31.6 Å². The SMILES string of the molecule is NCc1ccccc1COC1CN(C(=O)O)CCC1c1ccc(F)cc1. The van der Waals surface area contributed by atoms with Crippen molar-refractivity contribution < 1.29 is 19.0 Å². The van der Waals surface area contributed by atoms with Crippen molar-refractivity contribution in [2.75, 3.05) is 13.1 Å². The van der Waals surface area contributed by atoms with Gasteiger partial charge in [-0.15, -0.1) is 0 Å². The van der Waals surface area contributed by atoms with Crippen molar-refractivity contribution in [3.05, 3.63) is 71.0 Å². The molecule has 0 spiro atoms. The van der Waals surface area contributed by atoms with E-state index in [1.54, 1.807) is 12.1 Å². The molecular formula is C20H23FN2O3. The predicted molar refractivity (Wildman–Crippen MR) is 96.3 cm³/mol. The smallest absolute Gasteiger partial charge is 0.407 e. The van der Waals surface area contributed by atoms with E-state index in [1.165, 1.54) is 17.0 Å². The van der Waals surface area contributed by atoms with E-state index >= 15 is 0 Å². The number of ether oxygens (including phenoxy) is 1. The van der Waals surface area contributed by atoms with E-state index in [2.05, 4.69) is 0 Å². The quantitative estimate of drug-likeness (QED) is 0.860. The van der Waals surface area contributed by atoms with Gasteiger partial charge in [0.05, 0.1) is 19.3 Å². The van der Waals surface area contributed by atoms with Crippen LogP contribution in [0.2, 0.25) is 0 Å². The molecule has 1 aliphatic heterocycles. The maximum Gasteiger partial charge on any atom is 0.407 e. The van der Waals surface area contributed by atoms with Gasteiger partial charge in [-0.3, -0.25) is 0 Å². The first-order valence-corrected chi connectivity index (χ1v) is 8.70. The Balaban J connectivity index is 1.77. The van der Waals surface area contributed by atoms with Crippen LogP contribution in [0.3, 0.4) is 0 Å². The number of nitrogens with zero attached hydrogens (tertiary/aromatic N) is 1. The number of likely N-dealkylation sites (tertiary alicyclic amines) is 1. The summed E-state index contributed by atoms with van der Waals surface area (Å²) in [6, 6.07) is 14.1. The van der Waals surface area contributed by atoms with Gasteiger partial charge < -0.3 is 20.5 Å². The third kappa shape index (κ3) is 4.20. The highest BCUT2D eigenvalue weighted by Gasteiger charge is 2.33. The fourth-order valence-electron chi connectivity index (χ4n) is 3.44. The van der Waals surface area contributed by atoms with Crippen molar-refractivity contribution in [1.29, 1.82) is 0 Å². The second kappa shape index (κ2) is 8.29. The molecule has 1 fully saturated rings. The molecule has 0 radical (unpaired) electrons. The molecule has 0 aromatic heterocycles. The van der Waals surface area contributed by atoms with Crippen LogP contribution in [0, 0.1) is 5.82 Å². The second-order valence-corrected chi connectivity index (χ2v) is 6.50. The first kappa shape index (κ1) is 18.4. The van der Waals surface area contributed by atoms with Crippen molar-refractivity contribution in [1.82, 2.24) is 4.90 Å². The van der Waals surface area contributed by atoms with Crippen LogP contribution < -0.4 is 5.73 Å². The zero-order valence-electron chi connectivity index (χ0n) is 14.5. The first-order chi connectivity index (χ1) is 12.6. The van der Waals surface area contributed by atoms with Crippen LogP contribution >= 0.6 is 0 Å². The highest BCUT2D eigenvalue weighted by Crippen LogP contribution is 2.31. The molecule has 0 bridgehead atoms. The summed E-state index contributed by atoms with van der Waals surface area (Å²) in [6.45, 7) is 1.52. The maximum atomic E-state index is 13.2. The van der Waals surface area contributed by atoms with E-state index in [4.69, 9.17) is 10.5 Å². The number of piperidine rings is 1. The molecule has 2 atom stereocenters. The van der Waals surface area contributed by atoms with E-state index in [0.29, 0.717) is 32.7 Å². The summed E-state index contributed by atoms with van der Waals surface area (Å²) < 4.78 is 19.4. The molecule has 6 heteroatoms. The van der Waals surface area contributed by atoms with Crippen LogP contribution in [0.15, 0.2) is 48.5 Å². The summed E-state index contributed by atoms with van der Waals surface area (Å²) in [5.74, 6) is -0.262. The summed E-state index contributed by atoms with van der Waals surface area (Å²) in [5, 5.41) is 9.32. The van der Waals surface area contributed by atoms with Crippen LogP contribution in [0.25, 0.3) is 0 Å². The summed E-state index contributed by atoms with van der Waals surface area (Å²) in [6.07, 6.45) is -0.601. The second-order valence-electron chi connectivity index (χ2n) is 6.50. The number of rotatable bonds is 5. The lowest BCUT2D eigenvalue weighted by Gasteiger charge is -2.37. The van der Waals surface area contributed by atoms with Gasteiger partial charge in [0.25, 0.3) is 0 Å². The number of benzene rings is 2. The van der Waals surface area contributed by atoms with Crippen LogP contribution in [-0.4, -0.2) is 35.3 Å². The molecule has 1 heterocycles. The van der Waals surface area contributed by atoms with E-state index in [1.807, 2.05) is 24.3 Å². The van der Waals surface area contributed by atoms with E-state index < -0.39 is 6.09 Å². The van der Waals surface area contributed by atoms with E-state index in [0.717, 1.165) is 16.7 Å². The van der Waals surface area contributed by atoms with Crippen LogP contribution in [0.4, 0.5) is 9.18 Å². The van der Waals surface area contributed by atoms with Gasteiger partial charge in [-0.2, -0.15) is 0 Å². The number of nitrogens with two attached hydrogens (primary N) is 1. The van der Waals surface area contributed by atoms with Gasteiger partial charge in [0.1, 0.15) is 5.82 Å². The minimum Gasteiger partial charge on any atom is -0.465 e. The predicted octanol–water partition coefficient (Wildman–Crippen LogP) is 3.34. The number of amides is 1. The molecule has 26 heavy (non-hydrogen) atoms. The van der Waals surface area contributed by atoms with Gasteiger partial charge in [-0.1, -0.05) is 36.4 Å². The molecule has 2 aromatic rings. The Kier molecular flexibility index (Phi) is 5.85. The number of halogens is 1. The van der Waals surface area contributed by atoms with Gasteiger partial charge in [0.15, 0.2) is 0 Å². The molecule has 1 saturated heterocycles. The van der Waals surface area contributed by atoms with Crippen LogP contribution in [0.5, 0.6) is 0 Å². The zero-order valence-corrected chi connectivity index (χ0v) is 14.5. The maximum absolute atomic E-state index is 13.2. The Labute approximate surface area is 152 Å². The van der Waals surface area contributed by atoms with Gasteiger partial charge in [-0.05, 0) is 35.2 Å². The van der Waals surface area contributed by atoms with Gasteiger partial charge in [0.2, 0.25) is 0 Å². The Morgan fingerprint density at radius 2 is 1.88 bits per heavy atom. The third-order valence-corrected chi connectivity index (χ3v) is 4.92. The molecule has 3 rings (SSSR count). The van der Waals surface area contributed by atoms with E-state index in [-0.39, 0.29) is 17.8 Å². The summed E-state index contributed by atoms with van der Waals surface area (Å²) in [4.78, 5) is 12.7. The molecule has 138 valence electrons. The van der Waals surface area contributed by atoms with Gasteiger partial charge in [-0.25, -0.2) is 9.18 Å². The lowest BCUT2D eigenvalue weighted by atomic mass is 9.87. The minimum atomic E-state index is -0.946. The molecule has 1 aliphatic rings. The summed E-state index contributed by atoms with van der Waals surface area (Å²) in [7, 11) is 0. The molecule has 2 aromatic carbocycles. The molecule has 0 aliphatic carbocycles. The van der Waals surface area contributed by atoms with Crippen molar-refractivity contribution in [2.24, 2.45) is 5.73 Å². The third-order valence-electron chi connectivity index (χ3n) is 4.92. The van der Waals surface area contributed by atoms with Crippen molar-refractivity contribution in [3.63, 3.8) is 0 Å². The fraction of sp³-hybridized carbons (Fsp3) is 0.350. The van der Waals surface area contributed by atoms with Gasteiger partial charge in [0, 0.05) is 19.0 Å². The molecule has 2 unspecified atom stereocenters. The summed E-state index contributed by atoms with van der Waals surface area (Å²) >= 11 is 0. The summed E-state index contributed by atoms with van der Waals surface area (Å²) in [5.41, 5.74) is 8.75. The number of hydrogen-bond acceptors (Lipinski definition) is 3. The molecule has 0 saturated carbocycles. The highest BCUT2D eigenvalue weighted by molar-refractivity contribution is 5.65. The Hall–Kier alpha value is -2.44. The van der Waals surface area contributed by atoms with Crippen molar-refractivity contribution in [3.8, 4) is 0 Å². The fourth-order valence-corrected chi connectivity index (χ4v) is 3.44. The first-order valence-electron chi connectivity index (χ1n) is 8.70. The normalized spacial score (nSPS) is 20.2. The number of carboxylic acid groups (broad SMARTS) is 1. The largest absolute Gasteiger partial charge is 0.465 e. The Morgan fingerprint density at radius 3 is 2.54 bits per heavy atom. The molecular weight excluding hydrogens is 335 g/mol. The average molecular weight is 358 g/mol. The Morgan fingerprint density at radius 1 is 1.19 bits per heavy atom. The minimum absolute atomic E-state index is 0.0243. The van der Waals surface area contributed by atoms with Crippen LogP contribution in [-0.2, 0) is 17.9 Å². The average Bonchev–Trinajstić information content (AvgIpc) is 2.67. The lowest BCUT2D eigenvalue weighted by molar-refractivity contribution is -0.0201. The standard InChI is InChI=1S/C20H23FN2O3/c21-17-7-5-14(6-8-17)18-9-10-23(20(24)25)12-19(18)26-13-16-4-2-1-3-15(16)11-22/h1-8,18-19H,9-13,22H2,(H,24,25). The highest BCUT2D eigenvalue weighted by atomic mass is 19.1. The number of carbonyl (C=O) groups is 1. The zero-order chi connectivity index (χ0) is 18.5. The van der Waals surface area contributed by atoms with Crippen LogP contribution in [0.1, 0.15) is 29.0 Å². The number of hydrogen-bond donors (Lipinski definition) is 2. The van der Waals surface area contributed by atoms with E-state index in [9.17, 15) is 14.3 Å². The monoisotopic (exact) mass is 358 g/mol. The van der Waals surface area contributed by atoms with Gasteiger partial charge >= 0.3 is 6.09 Å². The van der Waals surface area contributed by atoms with Crippen molar-refractivity contribution >= 4 is 6.09 Å². The molecule has 5 nitrogen and oxygen atoms in total. The topological polar surface area (TPSA) is 75.8 Å². The lowest BCUT2D eigenvalue weighted by Crippen LogP contribution is -2.46. The molecule has 1 amide bonds. The Bertz CT molecular complexity index is 751.